The molecule has 0 saturated heterocycles. The molecule has 1 heterocycles. The summed E-state index contributed by atoms with van der Waals surface area (Å²) in [7, 11) is -1.45. The Labute approximate surface area is 71.9 Å². The van der Waals surface area contributed by atoms with Crippen LogP contribution < -0.4 is 5.32 Å². The van der Waals surface area contributed by atoms with E-state index in [0.29, 0.717) is 12.4 Å². The van der Waals surface area contributed by atoms with E-state index < -0.39 is 8.24 Å². The highest BCUT2D eigenvalue weighted by Gasteiger charge is 2.17. The molecule has 0 atom stereocenters. The number of amides is 1. The third-order valence-electron chi connectivity index (χ3n) is 1.37. The van der Waals surface area contributed by atoms with E-state index in [2.05, 4.69) is 35.0 Å². The minimum atomic E-state index is -1.45. The molecule has 1 rings (SSSR count). The molecule has 1 aromatic heterocycles. The topological polar surface area (TPSA) is 59.8 Å². The van der Waals surface area contributed by atoms with Crippen LogP contribution in [0, 0.1) is 0 Å². The molecule has 5 nitrogen and oxygen atoms in total. The predicted molar refractivity (Wildman–Crippen MR) is 48.5 cm³/mol. The van der Waals surface area contributed by atoms with E-state index in [9.17, 15) is 4.79 Å². The van der Waals surface area contributed by atoms with Gasteiger partial charge in [0.25, 0.3) is 0 Å². The van der Waals surface area contributed by atoms with Crippen LogP contribution in [0.2, 0.25) is 19.6 Å². The minimum Gasteiger partial charge on any atom is -0.296 e. The second kappa shape index (κ2) is 3.06. The lowest BCUT2D eigenvalue weighted by atomic mass is 11.0. The Morgan fingerprint density at radius 1 is 1.58 bits per heavy atom. The van der Waals surface area contributed by atoms with E-state index in [1.807, 2.05) is 4.35 Å². The van der Waals surface area contributed by atoms with Gasteiger partial charge in [-0.15, -0.1) is 5.10 Å². The van der Waals surface area contributed by atoms with E-state index in [1.165, 1.54) is 0 Å². The van der Waals surface area contributed by atoms with Crippen molar-refractivity contribution in [2.45, 2.75) is 19.6 Å². The summed E-state index contributed by atoms with van der Waals surface area (Å²) < 4.78 is 1.83. The molecular formula is C6H12N4OSi. The highest BCUT2D eigenvalue weighted by atomic mass is 28.3. The molecule has 0 aliphatic rings. The van der Waals surface area contributed by atoms with Gasteiger partial charge in [0.1, 0.15) is 6.33 Å². The van der Waals surface area contributed by atoms with E-state index in [1.54, 1.807) is 6.33 Å². The van der Waals surface area contributed by atoms with Gasteiger partial charge in [0, 0.05) is 0 Å². The fourth-order valence-electron chi connectivity index (χ4n) is 0.705. The maximum atomic E-state index is 10.0. The van der Waals surface area contributed by atoms with Gasteiger partial charge < -0.3 is 0 Å². The molecule has 66 valence electrons. The Morgan fingerprint density at radius 2 is 2.25 bits per heavy atom. The lowest BCUT2D eigenvalue weighted by molar-refractivity contribution is -0.105. The van der Waals surface area contributed by atoms with Crippen molar-refractivity contribution in [2.24, 2.45) is 0 Å². The number of nitrogens with one attached hydrogen (secondary N) is 1. The van der Waals surface area contributed by atoms with Gasteiger partial charge in [-0.05, 0) is 19.6 Å². The second-order valence-corrected chi connectivity index (χ2v) is 8.25. The van der Waals surface area contributed by atoms with Crippen molar-refractivity contribution in [3.05, 3.63) is 6.33 Å². The highest BCUT2D eigenvalue weighted by molar-refractivity contribution is 6.74. The fraction of sp³-hybridized carbons (Fsp3) is 0.500. The molecule has 6 heteroatoms. The Bertz CT molecular complexity index is 277. The average molecular weight is 184 g/mol. The second-order valence-electron chi connectivity index (χ2n) is 3.45. The maximum Gasteiger partial charge on any atom is 0.247 e. The molecule has 0 aliphatic carbocycles. The van der Waals surface area contributed by atoms with Crippen LogP contribution in [0.4, 0.5) is 5.95 Å². The van der Waals surface area contributed by atoms with E-state index in [0.717, 1.165) is 0 Å². The number of carbonyl (C=O) groups is 1. The smallest absolute Gasteiger partial charge is 0.247 e. The van der Waals surface area contributed by atoms with Crippen LogP contribution in [0.5, 0.6) is 0 Å². The maximum absolute atomic E-state index is 10.0. The van der Waals surface area contributed by atoms with Gasteiger partial charge >= 0.3 is 0 Å². The summed E-state index contributed by atoms with van der Waals surface area (Å²) in [6.07, 6.45) is 2.22. The Kier molecular flexibility index (Phi) is 2.27. The zero-order valence-corrected chi connectivity index (χ0v) is 8.40. The molecule has 0 aromatic carbocycles. The van der Waals surface area contributed by atoms with Gasteiger partial charge in [-0.1, -0.05) is 0 Å². The zero-order chi connectivity index (χ0) is 9.19. The number of aromatic nitrogens is 3. The van der Waals surface area contributed by atoms with Crippen LogP contribution in [0.1, 0.15) is 0 Å². The van der Waals surface area contributed by atoms with Crippen LogP contribution in [0.15, 0.2) is 6.33 Å². The van der Waals surface area contributed by atoms with Gasteiger partial charge in [-0.3, -0.25) is 14.5 Å². The Hall–Kier alpha value is -1.17. The molecule has 1 aromatic rings. The quantitative estimate of drug-likeness (QED) is 0.550. The first-order valence-electron chi connectivity index (χ1n) is 3.66. The van der Waals surface area contributed by atoms with Crippen LogP contribution in [0.3, 0.4) is 0 Å². The number of hydrogen-bond acceptors (Lipinski definition) is 3. The average Bonchev–Trinajstić information content (AvgIpc) is 2.35. The van der Waals surface area contributed by atoms with Gasteiger partial charge in [-0.25, -0.2) is 4.98 Å². The SMILES string of the molecule is C[Si](C)(C)n1cnc(NC=O)n1. The van der Waals surface area contributed by atoms with Gasteiger partial charge in [-0.2, -0.15) is 0 Å². The molecule has 1 N–H and O–H groups in total. The lowest BCUT2D eigenvalue weighted by Crippen LogP contribution is -2.32. The molecule has 0 unspecified atom stereocenters. The zero-order valence-electron chi connectivity index (χ0n) is 7.40. The van der Waals surface area contributed by atoms with Crippen molar-refractivity contribution in [2.75, 3.05) is 5.32 Å². The number of carbonyl (C=O) groups excluding carboxylic acids is 1. The predicted octanol–water partition coefficient (Wildman–Crippen LogP) is 0.529. The monoisotopic (exact) mass is 184 g/mol. The molecule has 0 spiro atoms. The van der Waals surface area contributed by atoms with E-state index in [4.69, 9.17) is 0 Å². The number of rotatable bonds is 3. The molecule has 0 bridgehead atoms. The van der Waals surface area contributed by atoms with Gasteiger partial charge in [0.05, 0.1) is 0 Å². The molecule has 0 saturated carbocycles. The third-order valence-corrected chi connectivity index (χ3v) is 2.96. The summed E-state index contributed by atoms with van der Waals surface area (Å²) in [4.78, 5) is 14.0. The summed E-state index contributed by atoms with van der Waals surface area (Å²) >= 11 is 0. The molecule has 12 heavy (non-hydrogen) atoms. The summed E-state index contributed by atoms with van der Waals surface area (Å²) in [6.45, 7) is 6.44. The highest BCUT2D eigenvalue weighted by Crippen LogP contribution is 2.05. The molecule has 1 amide bonds. The molecule has 0 fully saturated rings. The van der Waals surface area contributed by atoms with Crippen molar-refractivity contribution < 1.29 is 4.79 Å². The summed E-state index contributed by atoms with van der Waals surface area (Å²) in [5, 5.41) is 6.49. The van der Waals surface area contributed by atoms with Crippen molar-refractivity contribution in [3.63, 3.8) is 0 Å². The van der Waals surface area contributed by atoms with Crippen molar-refractivity contribution in [3.8, 4) is 0 Å². The molecular weight excluding hydrogens is 172 g/mol. The molecule has 0 radical (unpaired) electrons. The first-order valence-corrected chi connectivity index (χ1v) is 7.11. The largest absolute Gasteiger partial charge is 0.296 e. The first kappa shape index (κ1) is 8.92. The van der Waals surface area contributed by atoms with Crippen LogP contribution in [-0.2, 0) is 4.79 Å². The first-order chi connectivity index (χ1) is 5.54. The van der Waals surface area contributed by atoms with Crippen LogP contribution in [-0.4, -0.2) is 29.1 Å². The number of anilines is 1. The normalized spacial score (nSPS) is 11.2. The van der Waals surface area contributed by atoms with Gasteiger partial charge in [0.2, 0.25) is 12.4 Å². The van der Waals surface area contributed by atoms with E-state index in [-0.39, 0.29) is 0 Å². The summed E-state index contributed by atoms with van der Waals surface area (Å²) in [5.74, 6) is 0.368. The lowest BCUT2D eigenvalue weighted by Gasteiger charge is -2.14. The Balaban J connectivity index is 2.84. The number of hydrogen-bond donors (Lipinski definition) is 1. The Morgan fingerprint density at radius 3 is 2.67 bits per heavy atom. The summed E-state index contributed by atoms with van der Waals surface area (Å²) in [6, 6.07) is 0. The third kappa shape index (κ3) is 1.91. The van der Waals surface area contributed by atoms with E-state index >= 15 is 0 Å². The minimum absolute atomic E-state index is 0.368. The number of nitrogens with zero attached hydrogens (tertiary/aromatic N) is 3. The van der Waals surface area contributed by atoms with Crippen LogP contribution in [0.25, 0.3) is 0 Å². The van der Waals surface area contributed by atoms with Crippen molar-refractivity contribution in [1.82, 2.24) is 14.4 Å². The standard InChI is InChI=1S/C6H12N4OSi/c1-12(2,3)10-4-7-6(9-10)8-5-11/h4-5H,1-3H3,(H,8,9,11). The molecule has 0 aliphatic heterocycles. The summed E-state index contributed by atoms with van der Waals surface area (Å²) in [5.41, 5.74) is 0. The van der Waals surface area contributed by atoms with Crippen molar-refractivity contribution >= 4 is 20.6 Å². The fourth-order valence-corrected chi connectivity index (χ4v) is 1.50. The van der Waals surface area contributed by atoms with Crippen molar-refractivity contribution in [1.29, 1.82) is 0 Å². The van der Waals surface area contributed by atoms with Crippen LogP contribution >= 0.6 is 0 Å². The van der Waals surface area contributed by atoms with Gasteiger partial charge in [0.15, 0.2) is 8.24 Å².